The lowest BCUT2D eigenvalue weighted by atomic mass is 10.1. The quantitative estimate of drug-likeness (QED) is 0.308. The van der Waals surface area contributed by atoms with Crippen LogP contribution in [-0.2, 0) is 9.53 Å². The summed E-state index contributed by atoms with van der Waals surface area (Å²) in [5.74, 6) is -1.67. The van der Waals surface area contributed by atoms with Gasteiger partial charge >= 0.3 is 5.97 Å². The van der Waals surface area contributed by atoms with E-state index in [1.807, 2.05) is 0 Å². The predicted molar refractivity (Wildman–Crippen MR) is 109 cm³/mol. The van der Waals surface area contributed by atoms with Crippen LogP contribution in [0, 0.1) is 17.0 Å². The minimum absolute atomic E-state index is 0.0999. The number of hydrogen-bond acceptors (Lipinski definition) is 7. The van der Waals surface area contributed by atoms with Crippen molar-refractivity contribution in [3.05, 3.63) is 62.0 Å². The molecule has 2 rings (SSSR count). The molecule has 0 saturated carbocycles. The van der Waals surface area contributed by atoms with E-state index in [9.17, 15) is 24.5 Å². The molecule has 9 nitrogen and oxygen atoms in total. The topological polar surface area (TPSA) is 128 Å². The van der Waals surface area contributed by atoms with E-state index in [-0.39, 0.29) is 33.3 Å². The first-order chi connectivity index (χ1) is 13.8. The van der Waals surface area contributed by atoms with Crippen LogP contribution in [0.3, 0.4) is 0 Å². The minimum Gasteiger partial charge on any atom is -0.462 e. The number of nitro groups is 1. The molecular formula is C19H19N3O6S. The Balaban J connectivity index is 2.33. The molecule has 0 aliphatic rings. The summed E-state index contributed by atoms with van der Waals surface area (Å²) in [5.41, 5.74) is 0.609. The number of para-hydroxylation sites is 1. The monoisotopic (exact) mass is 417 g/mol. The zero-order chi connectivity index (χ0) is 21.6. The lowest BCUT2D eigenvalue weighted by molar-refractivity contribution is -0.385. The number of anilines is 1. The maximum absolute atomic E-state index is 12.3. The summed E-state index contributed by atoms with van der Waals surface area (Å²) >= 11 is 0.944. The number of carbonyl (C=O) groups excluding carboxylic acids is 3. The van der Waals surface area contributed by atoms with E-state index < -0.39 is 22.7 Å². The van der Waals surface area contributed by atoms with E-state index in [4.69, 9.17) is 4.74 Å². The second-order valence-corrected chi connectivity index (χ2v) is 6.72. The number of nitrogens with one attached hydrogen (secondary N) is 2. The zero-order valence-corrected chi connectivity index (χ0v) is 16.8. The third kappa shape index (κ3) is 5.05. The molecule has 1 heterocycles. The molecule has 0 unspecified atom stereocenters. The lowest BCUT2D eigenvalue weighted by Gasteiger charge is -2.05. The fraction of sp³-hybridized carbons (Fsp3) is 0.211. The number of hydrogen-bond donors (Lipinski definition) is 2. The number of rotatable bonds is 7. The fourth-order valence-corrected chi connectivity index (χ4v) is 3.64. The van der Waals surface area contributed by atoms with Gasteiger partial charge in [-0.15, -0.1) is 11.3 Å². The van der Waals surface area contributed by atoms with Crippen LogP contribution in [-0.4, -0.2) is 36.4 Å². The third-order valence-electron chi connectivity index (χ3n) is 3.84. The van der Waals surface area contributed by atoms with Crippen molar-refractivity contribution in [3.63, 3.8) is 0 Å². The van der Waals surface area contributed by atoms with Gasteiger partial charge in [-0.25, -0.2) is 4.79 Å². The summed E-state index contributed by atoms with van der Waals surface area (Å²) in [6.07, 6.45) is 2.42. The number of esters is 1. The van der Waals surface area contributed by atoms with Gasteiger partial charge in [-0.1, -0.05) is 12.1 Å². The smallest absolute Gasteiger partial charge is 0.341 e. The lowest BCUT2D eigenvalue weighted by Crippen LogP contribution is -2.17. The molecule has 0 bridgehead atoms. The Morgan fingerprint density at radius 3 is 2.59 bits per heavy atom. The summed E-state index contributed by atoms with van der Waals surface area (Å²) in [6, 6.07) is 5.97. The van der Waals surface area contributed by atoms with E-state index in [0.717, 1.165) is 17.4 Å². The molecule has 1 aromatic carbocycles. The van der Waals surface area contributed by atoms with Gasteiger partial charge in [-0.3, -0.25) is 19.7 Å². The second-order valence-electron chi connectivity index (χ2n) is 5.70. The first-order valence-corrected chi connectivity index (χ1v) is 9.36. The van der Waals surface area contributed by atoms with Gasteiger partial charge in [0, 0.05) is 19.2 Å². The van der Waals surface area contributed by atoms with E-state index in [1.165, 1.54) is 31.3 Å². The van der Waals surface area contributed by atoms with Crippen LogP contribution in [0.4, 0.5) is 10.7 Å². The molecule has 0 fully saturated rings. The van der Waals surface area contributed by atoms with Crippen molar-refractivity contribution in [2.24, 2.45) is 0 Å². The molecule has 10 heteroatoms. The van der Waals surface area contributed by atoms with Crippen LogP contribution < -0.4 is 10.6 Å². The van der Waals surface area contributed by atoms with Crippen LogP contribution in [0.1, 0.15) is 38.1 Å². The van der Waals surface area contributed by atoms with Gasteiger partial charge in [0.1, 0.15) is 5.00 Å². The van der Waals surface area contributed by atoms with Crippen molar-refractivity contribution >= 4 is 45.9 Å². The average Bonchev–Trinajstić information content (AvgIpc) is 3.01. The molecule has 0 radical (unpaired) electrons. The Hall–Kier alpha value is -3.53. The molecule has 0 aliphatic heterocycles. The zero-order valence-electron chi connectivity index (χ0n) is 16.0. The van der Waals surface area contributed by atoms with E-state index in [1.54, 1.807) is 19.9 Å². The first-order valence-electron chi connectivity index (χ1n) is 8.55. The largest absolute Gasteiger partial charge is 0.462 e. The molecule has 1 aromatic heterocycles. The molecule has 0 aliphatic carbocycles. The number of benzene rings is 1. The molecule has 0 atom stereocenters. The van der Waals surface area contributed by atoms with E-state index in [2.05, 4.69) is 10.6 Å². The first kappa shape index (κ1) is 21.8. The summed E-state index contributed by atoms with van der Waals surface area (Å²) in [5, 5.41) is 16.2. The Morgan fingerprint density at radius 1 is 1.28 bits per heavy atom. The van der Waals surface area contributed by atoms with Gasteiger partial charge in [0.25, 0.3) is 11.6 Å². The molecule has 2 N–H and O–H groups in total. The van der Waals surface area contributed by atoms with Gasteiger partial charge in [0.15, 0.2) is 0 Å². The van der Waals surface area contributed by atoms with Gasteiger partial charge in [0.05, 0.1) is 27.5 Å². The SMILES string of the molecule is CCOC(=O)c1c(NC(=O)/C=C/c2ccccc2[N+](=O)[O-])sc(C(=O)NC)c1C. The Bertz CT molecular complexity index is 996. The van der Waals surface area contributed by atoms with Crippen molar-refractivity contribution in [2.45, 2.75) is 13.8 Å². The average molecular weight is 417 g/mol. The number of carbonyl (C=O) groups is 3. The number of amides is 2. The Labute approximate surface area is 170 Å². The van der Waals surface area contributed by atoms with Crippen molar-refractivity contribution in [3.8, 4) is 0 Å². The van der Waals surface area contributed by atoms with Crippen LogP contribution in [0.2, 0.25) is 0 Å². The number of ether oxygens (including phenoxy) is 1. The molecule has 152 valence electrons. The highest BCUT2D eigenvalue weighted by Gasteiger charge is 2.26. The summed E-state index contributed by atoms with van der Waals surface area (Å²) in [7, 11) is 1.46. The number of thiophene rings is 1. The summed E-state index contributed by atoms with van der Waals surface area (Å²) in [6.45, 7) is 3.37. The summed E-state index contributed by atoms with van der Waals surface area (Å²) in [4.78, 5) is 47.5. The standard InChI is InChI=1S/C19H19N3O6S/c1-4-28-19(25)15-11(2)16(17(24)20-3)29-18(15)21-14(23)10-9-12-7-5-6-8-13(12)22(26)27/h5-10H,4H2,1-3H3,(H,20,24)(H,21,23)/b10-9+. The van der Waals surface area contributed by atoms with Crippen LogP contribution >= 0.6 is 11.3 Å². The van der Waals surface area contributed by atoms with Crippen LogP contribution in [0.25, 0.3) is 6.08 Å². The van der Waals surface area contributed by atoms with Gasteiger partial charge in [-0.05, 0) is 31.6 Å². The van der Waals surface area contributed by atoms with Gasteiger partial charge in [0.2, 0.25) is 5.91 Å². The van der Waals surface area contributed by atoms with E-state index in [0.29, 0.717) is 5.56 Å². The van der Waals surface area contributed by atoms with Gasteiger partial charge in [-0.2, -0.15) is 0 Å². The molecule has 29 heavy (non-hydrogen) atoms. The molecule has 0 saturated heterocycles. The van der Waals surface area contributed by atoms with Crippen LogP contribution in [0.5, 0.6) is 0 Å². The Kier molecular flexibility index (Phi) is 7.21. The maximum Gasteiger partial charge on any atom is 0.341 e. The van der Waals surface area contributed by atoms with Crippen molar-refractivity contribution in [1.29, 1.82) is 0 Å². The minimum atomic E-state index is -0.658. The molecule has 2 aromatic rings. The predicted octanol–water partition coefficient (Wildman–Crippen LogP) is 3.15. The number of nitro benzene ring substituents is 1. The molecule has 0 spiro atoms. The normalized spacial score (nSPS) is 10.6. The maximum atomic E-state index is 12.3. The Morgan fingerprint density at radius 2 is 1.97 bits per heavy atom. The van der Waals surface area contributed by atoms with Gasteiger partial charge < -0.3 is 15.4 Å². The highest BCUT2D eigenvalue weighted by Crippen LogP contribution is 2.34. The second kappa shape index (κ2) is 9.60. The highest BCUT2D eigenvalue weighted by atomic mass is 32.1. The highest BCUT2D eigenvalue weighted by molar-refractivity contribution is 7.18. The molecular weight excluding hydrogens is 398 g/mol. The summed E-state index contributed by atoms with van der Waals surface area (Å²) < 4.78 is 5.02. The van der Waals surface area contributed by atoms with Crippen LogP contribution in [0.15, 0.2) is 30.3 Å². The van der Waals surface area contributed by atoms with E-state index >= 15 is 0 Å². The molecule has 2 amide bonds. The van der Waals surface area contributed by atoms with Crippen molar-refractivity contribution < 1.29 is 24.0 Å². The fourth-order valence-electron chi connectivity index (χ4n) is 2.49. The number of nitrogens with zero attached hydrogens (tertiary/aromatic N) is 1. The third-order valence-corrected chi connectivity index (χ3v) is 5.05. The van der Waals surface area contributed by atoms with Crippen molar-refractivity contribution in [2.75, 3.05) is 19.0 Å². The van der Waals surface area contributed by atoms with Crippen molar-refractivity contribution in [1.82, 2.24) is 5.32 Å².